The Bertz CT molecular complexity index is 727. The third-order valence-corrected chi connectivity index (χ3v) is 6.15. The highest BCUT2D eigenvalue weighted by molar-refractivity contribution is 6.62. The fourth-order valence-corrected chi connectivity index (χ4v) is 3.66. The molecule has 2 aliphatic rings. The number of benzene rings is 1. The fraction of sp³-hybridized carbons (Fsp3) is 0.696. The van der Waals surface area contributed by atoms with Crippen LogP contribution in [0.1, 0.15) is 60.5 Å². The van der Waals surface area contributed by atoms with E-state index in [1.807, 2.05) is 25.7 Å². The Morgan fingerprint density at radius 1 is 1.00 bits per heavy atom. The van der Waals surface area contributed by atoms with Crippen LogP contribution in [0.3, 0.4) is 0 Å². The van der Waals surface area contributed by atoms with Gasteiger partial charge >= 0.3 is 13.2 Å². The van der Waals surface area contributed by atoms with Gasteiger partial charge in [0.1, 0.15) is 5.60 Å². The van der Waals surface area contributed by atoms with Crippen LogP contribution >= 0.6 is 0 Å². The first-order valence-corrected chi connectivity index (χ1v) is 11.0. The molecule has 30 heavy (non-hydrogen) atoms. The molecule has 3 rings (SSSR count). The number of ether oxygens (including phenoxy) is 1. The molecule has 0 N–H and O–H groups in total. The quantitative estimate of drug-likeness (QED) is 0.707. The number of hydrogen-bond acceptors (Lipinski definition) is 5. The predicted molar refractivity (Wildman–Crippen MR) is 120 cm³/mol. The van der Waals surface area contributed by atoms with Crippen molar-refractivity contribution in [1.82, 2.24) is 9.80 Å². The number of nitrogens with zero attached hydrogens (tertiary/aromatic N) is 2. The first-order valence-electron chi connectivity index (χ1n) is 11.0. The van der Waals surface area contributed by atoms with E-state index in [0.717, 1.165) is 38.1 Å². The van der Waals surface area contributed by atoms with E-state index in [0.29, 0.717) is 6.54 Å². The number of carbonyl (C=O) groups excluding carboxylic acids is 1. The van der Waals surface area contributed by atoms with Crippen LogP contribution in [0.4, 0.5) is 4.79 Å². The van der Waals surface area contributed by atoms with Crippen molar-refractivity contribution in [3.63, 3.8) is 0 Å². The van der Waals surface area contributed by atoms with Crippen LogP contribution in [0, 0.1) is 0 Å². The molecule has 0 spiro atoms. The molecule has 0 atom stereocenters. The van der Waals surface area contributed by atoms with Gasteiger partial charge in [0, 0.05) is 32.7 Å². The molecule has 0 aromatic heterocycles. The highest BCUT2D eigenvalue weighted by atomic mass is 16.7. The Morgan fingerprint density at radius 3 is 2.17 bits per heavy atom. The molecule has 2 saturated heterocycles. The minimum Gasteiger partial charge on any atom is -0.444 e. The Kier molecular flexibility index (Phi) is 6.56. The zero-order chi connectivity index (χ0) is 22.2. The fourth-order valence-electron chi connectivity index (χ4n) is 3.66. The van der Waals surface area contributed by atoms with E-state index in [-0.39, 0.29) is 24.4 Å². The minimum absolute atomic E-state index is 0.212. The van der Waals surface area contributed by atoms with Crippen molar-refractivity contribution >= 4 is 18.7 Å². The average molecular weight is 416 g/mol. The smallest absolute Gasteiger partial charge is 0.444 e. The van der Waals surface area contributed by atoms with E-state index < -0.39 is 5.60 Å². The summed E-state index contributed by atoms with van der Waals surface area (Å²) in [5, 5.41) is 0. The van der Waals surface area contributed by atoms with E-state index in [2.05, 4.69) is 56.9 Å². The summed E-state index contributed by atoms with van der Waals surface area (Å²) in [6, 6.07) is 8.50. The summed E-state index contributed by atoms with van der Waals surface area (Å²) in [5.41, 5.74) is 1.18. The summed E-state index contributed by atoms with van der Waals surface area (Å²) in [4.78, 5) is 16.6. The first kappa shape index (κ1) is 23.1. The van der Waals surface area contributed by atoms with Crippen molar-refractivity contribution in [3.05, 3.63) is 29.8 Å². The maximum absolute atomic E-state index is 12.3. The summed E-state index contributed by atoms with van der Waals surface area (Å²) in [6.07, 6.45) is 0.738. The third kappa shape index (κ3) is 5.57. The average Bonchev–Trinajstić information content (AvgIpc) is 2.77. The molecule has 0 aliphatic carbocycles. The van der Waals surface area contributed by atoms with Gasteiger partial charge in [-0.3, -0.25) is 4.90 Å². The molecule has 2 heterocycles. The Labute approximate surface area is 182 Å². The van der Waals surface area contributed by atoms with Crippen LogP contribution in [0.5, 0.6) is 0 Å². The highest BCUT2D eigenvalue weighted by Crippen LogP contribution is 2.36. The van der Waals surface area contributed by atoms with Gasteiger partial charge < -0.3 is 18.9 Å². The highest BCUT2D eigenvalue weighted by Gasteiger charge is 2.51. The molecule has 0 radical (unpaired) electrons. The molecule has 1 amide bonds. The topological polar surface area (TPSA) is 51.2 Å². The lowest BCUT2D eigenvalue weighted by Gasteiger charge is -2.32. The van der Waals surface area contributed by atoms with Gasteiger partial charge in [-0.1, -0.05) is 24.3 Å². The van der Waals surface area contributed by atoms with Crippen molar-refractivity contribution in [2.24, 2.45) is 0 Å². The maximum Gasteiger partial charge on any atom is 0.494 e. The van der Waals surface area contributed by atoms with Gasteiger partial charge in [0.2, 0.25) is 0 Å². The molecule has 6 nitrogen and oxygen atoms in total. The van der Waals surface area contributed by atoms with Gasteiger partial charge in [-0.15, -0.1) is 0 Å². The molecule has 2 fully saturated rings. The lowest BCUT2D eigenvalue weighted by molar-refractivity contribution is 0.00578. The standard InChI is InChI=1S/C23H37BN2O4/c1-21(2,3)28-20(27)26-14-8-13-25(15-16-26)17-18-9-11-19(12-10-18)24-29-22(4,5)23(6,7)30-24/h9-12H,8,13-17H2,1-7H3. The van der Waals surface area contributed by atoms with Crippen molar-refractivity contribution in [3.8, 4) is 0 Å². The zero-order valence-electron chi connectivity index (χ0n) is 19.7. The van der Waals surface area contributed by atoms with E-state index in [1.54, 1.807) is 0 Å². The van der Waals surface area contributed by atoms with Gasteiger partial charge in [-0.2, -0.15) is 0 Å². The lowest BCUT2D eigenvalue weighted by atomic mass is 9.79. The van der Waals surface area contributed by atoms with Gasteiger partial charge in [-0.25, -0.2) is 4.79 Å². The van der Waals surface area contributed by atoms with Crippen LogP contribution in [-0.4, -0.2) is 66.0 Å². The van der Waals surface area contributed by atoms with E-state index in [1.165, 1.54) is 5.56 Å². The van der Waals surface area contributed by atoms with Crippen molar-refractivity contribution in [2.45, 2.75) is 78.2 Å². The predicted octanol–water partition coefficient (Wildman–Crippen LogP) is 3.43. The third-order valence-electron chi connectivity index (χ3n) is 6.15. The zero-order valence-corrected chi connectivity index (χ0v) is 19.7. The summed E-state index contributed by atoms with van der Waals surface area (Å²) in [7, 11) is -0.329. The molecular formula is C23H37BN2O4. The largest absolute Gasteiger partial charge is 0.494 e. The van der Waals surface area contributed by atoms with Crippen molar-refractivity contribution < 1.29 is 18.8 Å². The lowest BCUT2D eigenvalue weighted by Crippen LogP contribution is -2.41. The number of amides is 1. The van der Waals surface area contributed by atoms with E-state index >= 15 is 0 Å². The number of hydrogen-bond donors (Lipinski definition) is 0. The van der Waals surface area contributed by atoms with Gasteiger partial charge in [0.25, 0.3) is 0 Å². The number of rotatable bonds is 3. The monoisotopic (exact) mass is 416 g/mol. The summed E-state index contributed by atoms with van der Waals surface area (Å²) < 4.78 is 17.8. The molecule has 1 aromatic rings. The molecule has 166 valence electrons. The molecule has 0 unspecified atom stereocenters. The van der Waals surface area contributed by atoms with Crippen LogP contribution < -0.4 is 5.46 Å². The van der Waals surface area contributed by atoms with Crippen LogP contribution in [0.15, 0.2) is 24.3 Å². The second-order valence-corrected chi connectivity index (χ2v) is 10.4. The summed E-state index contributed by atoms with van der Waals surface area (Å²) >= 11 is 0. The molecule has 2 aliphatic heterocycles. The van der Waals surface area contributed by atoms with Crippen LogP contribution in [0.2, 0.25) is 0 Å². The first-order chi connectivity index (χ1) is 13.9. The van der Waals surface area contributed by atoms with E-state index in [9.17, 15) is 4.79 Å². The second kappa shape index (κ2) is 8.52. The molecule has 1 aromatic carbocycles. The van der Waals surface area contributed by atoms with Crippen molar-refractivity contribution in [1.29, 1.82) is 0 Å². The molecule has 0 bridgehead atoms. The van der Waals surface area contributed by atoms with Crippen LogP contribution in [0.25, 0.3) is 0 Å². The van der Waals surface area contributed by atoms with Crippen molar-refractivity contribution in [2.75, 3.05) is 26.2 Å². The summed E-state index contributed by atoms with van der Waals surface area (Å²) in [6.45, 7) is 18.1. The molecule has 7 heteroatoms. The van der Waals surface area contributed by atoms with Gasteiger partial charge in [0.05, 0.1) is 11.2 Å². The molecular weight excluding hydrogens is 379 g/mol. The SMILES string of the molecule is CC(C)(C)OC(=O)N1CCCN(Cc2ccc(B3OC(C)(C)C(C)(C)O3)cc2)CC1. The Balaban J connectivity index is 1.54. The summed E-state index contributed by atoms with van der Waals surface area (Å²) in [5.74, 6) is 0. The molecule has 0 saturated carbocycles. The van der Waals surface area contributed by atoms with Crippen LogP contribution in [-0.2, 0) is 20.6 Å². The Morgan fingerprint density at radius 2 is 1.60 bits per heavy atom. The number of carbonyl (C=O) groups is 1. The maximum atomic E-state index is 12.3. The minimum atomic E-state index is -0.456. The normalized spacial score (nSPS) is 22.1. The second-order valence-electron chi connectivity index (χ2n) is 10.4. The van der Waals surface area contributed by atoms with E-state index in [4.69, 9.17) is 14.0 Å². The Hall–Kier alpha value is -1.57. The van der Waals surface area contributed by atoms with Gasteiger partial charge in [-0.05, 0) is 65.9 Å². The van der Waals surface area contributed by atoms with Gasteiger partial charge in [0.15, 0.2) is 0 Å².